The SMILES string of the molecule is CCCNC(=O)CON=C(C)c1ccc(OCc2cccc(C)c2)cc1. The molecule has 2 aromatic carbocycles. The molecule has 1 amide bonds. The van der Waals surface area contributed by atoms with Gasteiger partial charge in [-0.2, -0.15) is 0 Å². The maximum atomic E-state index is 11.5. The van der Waals surface area contributed by atoms with E-state index in [9.17, 15) is 4.79 Å². The van der Waals surface area contributed by atoms with Crippen LogP contribution in [-0.2, 0) is 16.2 Å². The zero-order valence-electron chi connectivity index (χ0n) is 15.6. The third-order valence-electron chi connectivity index (χ3n) is 3.73. The van der Waals surface area contributed by atoms with Crippen molar-refractivity contribution in [1.29, 1.82) is 0 Å². The van der Waals surface area contributed by atoms with Crippen LogP contribution in [-0.4, -0.2) is 24.8 Å². The first-order valence-corrected chi connectivity index (χ1v) is 8.80. The lowest BCUT2D eigenvalue weighted by Crippen LogP contribution is -2.27. The van der Waals surface area contributed by atoms with E-state index in [1.165, 1.54) is 5.56 Å². The average molecular weight is 354 g/mol. The first kappa shape index (κ1) is 19.5. The van der Waals surface area contributed by atoms with Gasteiger partial charge in [0.1, 0.15) is 12.4 Å². The molecule has 1 N–H and O–H groups in total. The Morgan fingerprint density at radius 1 is 1.15 bits per heavy atom. The van der Waals surface area contributed by atoms with Gasteiger partial charge < -0.3 is 14.9 Å². The van der Waals surface area contributed by atoms with Crippen molar-refractivity contribution in [2.75, 3.05) is 13.2 Å². The van der Waals surface area contributed by atoms with Crippen LogP contribution in [0.5, 0.6) is 5.75 Å². The lowest BCUT2D eigenvalue weighted by atomic mass is 10.1. The minimum Gasteiger partial charge on any atom is -0.489 e. The summed E-state index contributed by atoms with van der Waals surface area (Å²) in [5.41, 5.74) is 3.98. The number of carbonyl (C=O) groups excluding carboxylic acids is 1. The summed E-state index contributed by atoms with van der Waals surface area (Å²) < 4.78 is 5.81. The Kier molecular flexibility index (Phi) is 7.68. The van der Waals surface area contributed by atoms with Crippen molar-refractivity contribution in [3.8, 4) is 5.75 Å². The zero-order chi connectivity index (χ0) is 18.8. The molecule has 138 valence electrons. The van der Waals surface area contributed by atoms with E-state index in [4.69, 9.17) is 9.57 Å². The molecule has 2 rings (SSSR count). The van der Waals surface area contributed by atoms with Gasteiger partial charge in [0.25, 0.3) is 5.91 Å². The maximum absolute atomic E-state index is 11.5. The molecule has 5 nitrogen and oxygen atoms in total. The molecule has 0 bridgehead atoms. The molecule has 0 aliphatic heterocycles. The summed E-state index contributed by atoms with van der Waals surface area (Å²) >= 11 is 0. The van der Waals surface area contributed by atoms with Gasteiger partial charge in [0.2, 0.25) is 0 Å². The second kappa shape index (κ2) is 10.2. The molecule has 0 aliphatic carbocycles. The predicted molar refractivity (Wildman–Crippen MR) is 103 cm³/mol. The summed E-state index contributed by atoms with van der Waals surface area (Å²) in [5, 5.41) is 6.72. The summed E-state index contributed by atoms with van der Waals surface area (Å²) in [4.78, 5) is 16.6. The monoisotopic (exact) mass is 354 g/mol. The van der Waals surface area contributed by atoms with Crippen LogP contribution in [0.2, 0.25) is 0 Å². The van der Waals surface area contributed by atoms with Gasteiger partial charge in [0.05, 0.1) is 5.71 Å². The van der Waals surface area contributed by atoms with Crippen molar-refractivity contribution in [2.24, 2.45) is 5.16 Å². The van der Waals surface area contributed by atoms with Gasteiger partial charge in [-0.1, -0.05) is 41.9 Å². The predicted octanol–water partition coefficient (Wildman–Crippen LogP) is 3.84. The minimum absolute atomic E-state index is 0.0744. The van der Waals surface area contributed by atoms with E-state index in [0.717, 1.165) is 23.3 Å². The molecule has 0 spiro atoms. The Labute approximate surface area is 155 Å². The van der Waals surface area contributed by atoms with Crippen LogP contribution >= 0.6 is 0 Å². The third-order valence-corrected chi connectivity index (χ3v) is 3.73. The number of nitrogens with zero attached hydrogens (tertiary/aromatic N) is 1. The summed E-state index contributed by atoms with van der Waals surface area (Å²) in [6.45, 7) is 7.01. The summed E-state index contributed by atoms with van der Waals surface area (Å²) in [7, 11) is 0. The number of amides is 1. The topological polar surface area (TPSA) is 59.9 Å². The van der Waals surface area contributed by atoms with E-state index in [2.05, 4.69) is 29.5 Å². The van der Waals surface area contributed by atoms with Crippen LogP contribution in [0.3, 0.4) is 0 Å². The number of ether oxygens (including phenoxy) is 1. The molecule has 0 aromatic heterocycles. The van der Waals surface area contributed by atoms with Gasteiger partial charge >= 0.3 is 0 Å². The molecular formula is C21H26N2O3. The quantitative estimate of drug-likeness (QED) is 0.550. The highest BCUT2D eigenvalue weighted by Gasteiger charge is 2.03. The number of benzene rings is 2. The van der Waals surface area contributed by atoms with Gasteiger partial charge in [-0.3, -0.25) is 4.79 Å². The first-order chi connectivity index (χ1) is 12.6. The first-order valence-electron chi connectivity index (χ1n) is 8.80. The van der Waals surface area contributed by atoms with Crippen molar-refractivity contribution >= 4 is 11.6 Å². The van der Waals surface area contributed by atoms with E-state index in [-0.39, 0.29) is 12.5 Å². The van der Waals surface area contributed by atoms with Crippen LogP contribution in [0.1, 0.15) is 37.0 Å². The minimum atomic E-state index is -0.164. The molecule has 0 aliphatic rings. The number of rotatable bonds is 9. The number of carbonyl (C=O) groups is 1. The van der Waals surface area contributed by atoms with E-state index in [0.29, 0.717) is 18.9 Å². The standard InChI is InChI=1S/C21H26N2O3/c1-4-12-22-21(24)15-26-23-17(3)19-8-10-20(11-9-19)25-14-18-7-5-6-16(2)13-18/h5-11,13H,4,12,14-15H2,1-3H3,(H,22,24). The molecule has 0 heterocycles. The van der Waals surface area contributed by atoms with Gasteiger partial charge in [0, 0.05) is 6.54 Å². The fourth-order valence-electron chi connectivity index (χ4n) is 2.32. The van der Waals surface area contributed by atoms with Gasteiger partial charge in [-0.05, 0) is 55.7 Å². The van der Waals surface area contributed by atoms with Crippen LogP contribution in [0.4, 0.5) is 0 Å². The van der Waals surface area contributed by atoms with Crippen LogP contribution < -0.4 is 10.1 Å². The lowest BCUT2D eigenvalue weighted by molar-refractivity contribution is -0.125. The molecule has 26 heavy (non-hydrogen) atoms. The largest absolute Gasteiger partial charge is 0.489 e. The molecule has 0 fully saturated rings. The summed E-state index contributed by atoms with van der Waals surface area (Å²) in [6.07, 6.45) is 0.895. The Hall–Kier alpha value is -2.82. The molecule has 0 saturated carbocycles. The number of oxime groups is 1. The van der Waals surface area contributed by atoms with Crippen LogP contribution in [0.25, 0.3) is 0 Å². The Bertz CT molecular complexity index is 739. The summed E-state index contributed by atoms with van der Waals surface area (Å²) in [5.74, 6) is 0.631. The van der Waals surface area contributed by atoms with Crippen molar-refractivity contribution in [3.63, 3.8) is 0 Å². The van der Waals surface area contributed by atoms with E-state index in [1.54, 1.807) is 0 Å². The number of hydrogen-bond donors (Lipinski definition) is 1. The molecule has 0 unspecified atom stereocenters. The smallest absolute Gasteiger partial charge is 0.260 e. The van der Waals surface area contributed by atoms with Crippen LogP contribution in [0.15, 0.2) is 53.7 Å². The second-order valence-corrected chi connectivity index (χ2v) is 6.10. The molecule has 0 atom stereocenters. The number of nitrogens with one attached hydrogen (secondary N) is 1. The lowest BCUT2D eigenvalue weighted by Gasteiger charge is -2.08. The Morgan fingerprint density at radius 3 is 2.62 bits per heavy atom. The average Bonchev–Trinajstić information content (AvgIpc) is 2.65. The van der Waals surface area contributed by atoms with Crippen molar-refractivity contribution in [1.82, 2.24) is 5.32 Å². The van der Waals surface area contributed by atoms with Gasteiger partial charge in [-0.25, -0.2) is 0 Å². The Morgan fingerprint density at radius 2 is 1.92 bits per heavy atom. The summed E-state index contributed by atoms with van der Waals surface area (Å²) in [6, 6.07) is 15.9. The molecule has 2 aromatic rings. The molecule has 0 saturated heterocycles. The van der Waals surface area contributed by atoms with Crippen molar-refractivity contribution < 1.29 is 14.4 Å². The van der Waals surface area contributed by atoms with Gasteiger partial charge in [0.15, 0.2) is 6.61 Å². The molecular weight excluding hydrogens is 328 g/mol. The van der Waals surface area contributed by atoms with E-state index in [1.807, 2.05) is 50.2 Å². The van der Waals surface area contributed by atoms with Crippen molar-refractivity contribution in [3.05, 3.63) is 65.2 Å². The number of hydrogen-bond acceptors (Lipinski definition) is 4. The highest BCUT2D eigenvalue weighted by atomic mass is 16.6. The fourth-order valence-corrected chi connectivity index (χ4v) is 2.32. The Balaban J connectivity index is 1.83. The normalized spacial score (nSPS) is 11.1. The van der Waals surface area contributed by atoms with Crippen LogP contribution in [0, 0.1) is 6.92 Å². The van der Waals surface area contributed by atoms with E-state index >= 15 is 0 Å². The third kappa shape index (κ3) is 6.59. The van der Waals surface area contributed by atoms with E-state index < -0.39 is 0 Å². The van der Waals surface area contributed by atoms with Gasteiger partial charge in [-0.15, -0.1) is 0 Å². The fraction of sp³-hybridized carbons (Fsp3) is 0.333. The second-order valence-electron chi connectivity index (χ2n) is 6.10. The number of aryl methyl sites for hydroxylation is 1. The molecule has 0 radical (unpaired) electrons. The highest BCUT2D eigenvalue weighted by Crippen LogP contribution is 2.15. The maximum Gasteiger partial charge on any atom is 0.260 e. The molecule has 5 heteroatoms. The highest BCUT2D eigenvalue weighted by molar-refractivity contribution is 5.98. The van der Waals surface area contributed by atoms with Crippen molar-refractivity contribution in [2.45, 2.75) is 33.8 Å². The zero-order valence-corrected chi connectivity index (χ0v) is 15.6.